The topological polar surface area (TPSA) is 20.2 Å². The molecule has 1 nitrogen and oxygen atoms in total. The summed E-state index contributed by atoms with van der Waals surface area (Å²) >= 11 is 0. The Bertz CT molecular complexity index is 367. The van der Waals surface area contributed by atoms with E-state index in [-0.39, 0.29) is 0 Å². The summed E-state index contributed by atoms with van der Waals surface area (Å²) in [4.78, 5) is 0. The number of aromatic hydroxyl groups is 1. The van der Waals surface area contributed by atoms with Crippen LogP contribution < -0.4 is 5.46 Å². The molecule has 0 saturated heterocycles. The summed E-state index contributed by atoms with van der Waals surface area (Å²) < 4.78 is 0. The van der Waals surface area contributed by atoms with Gasteiger partial charge in [-0.25, -0.2) is 0 Å². The van der Waals surface area contributed by atoms with Crippen LogP contribution in [0, 0.1) is 13.8 Å². The quantitative estimate of drug-likeness (QED) is 0.703. The summed E-state index contributed by atoms with van der Waals surface area (Å²) in [6, 6.07) is 3.86. The molecule has 0 amide bonds. The number of rotatable bonds is 2. The maximum absolute atomic E-state index is 9.50. The number of benzene rings is 1. The van der Waals surface area contributed by atoms with Gasteiger partial charge in [-0.2, -0.15) is 0 Å². The number of phenols is 1. The van der Waals surface area contributed by atoms with E-state index in [4.69, 9.17) is 0 Å². The molecular weight excluding hydrogens is 171 g/mol. The first-order valence-electron chi connectivity index (χ1n) is 5.02. The Hall–Kier alpha value is -1.05. The summed E-state index contributed by atoms with van der Waals surface area (Å²) in [5, 5.41) is 9.50. The van der Waals surface area contributed by atoms with Gasteiger partial charge in [0.15, 0.2) is 0 Å². The van der Waals surface area contributed by atoms with Crippen LogP contribution in [0.4, 0.5) is 0 Å². The van der Waals surface area contributed by atoms with E-state index < -0.39 is 0 Å². The molecule has 0 aliphatic heterocycles. The summed E-state index contributed by atoms with van der Waals surface area (Å²) in [6.45, 7) is 10.4. The number of phenolic OH excluding ortho intramolecular Hbond substituents is 1. The van der Waals surface area contributed by atoms with Gasteiger partial charge in [0.25, 0.3) is 0 Å². The van der Waals surface area contributed by atoms with Crippen LogP contribution in [-0.2, 0) is 0 Å². The Kier molecular flexibility index (Phi) is 3.51. The second-order valence-corrected chi connectivity index (χ2v) is 3.84. The number of aryl methyl sites for hydroxylation is 2. The van der Waals surface area contributed by atoms with Gasteiger partial charge in [-0.1, -0.05) is 0 Å². The molecule has 0 spiro atoms. The van der Waals surface area contributed by atoms with Gasteiger partial charge in [-0.05, 0) is 0 Å². The molecule has 0 aliphatic carbocycles. The average molecular weight is 188 g/mol. The molecule has 74 valence electrons. The van der Waals surface area contributed by atoms with Gasteiger partial charge < -0.3 is 0 Å². The van der Waals surface area contributed by atoms with Crippen molar-refractivity contribution in [3.63, 3.8) is 0 Å². The van der Waals surface area contributed by atoms with E-state index in [2.05, 4.69) is 20.8 Å². The Balaban J connectivity index is 3.16. The van der Waals surface area contributed by atoms with Gasteiger partial charge in [-0.15, -0.1) is 0 Å². The van der Waals surface area contributed by atoms with Crippen LogP contribution in [0.5, 0.6) is 5.75 Å². The van der Waals surface area contributed by atoms with E-state index in [0.717, 1.165) is 17.5 Å². The van der Waals surface area contributed by atoms with Crippen LogP contribution in [0.3, 0.4) is 0 Å². The normalized spacial score (nSPS) is 11.3. The minimum atomic E-state index is 0.383. The van der Waals surface area contributed by atoms with Crippen LogP contribution in [-0.4, -0.2) is 17.5 Å². The molecular formula is C12H17BO. The van der Waals surface area contributed by atoms with E-state index in [1.165, 1.54) is 10.9 Å². The Morgan fingerprint density at radius 1 is 1.29 bits per heavy atom. The van der Waals surface area contributed by atoms with Crippen molar-refractivity contribution in [3.8, 4) is 5.75 Å². The van der Waals surface area contributed by atoms with Crippen molar-refractivity contribution in [2.24, 2.45) is 0 Å². The molecule has 0 atom stereocenters. The van der Waals surface area contributed by atoms with Gasteiger partial charge in [0.05, 0.1) is 0 Å². The van der Waals surface area contributed by atoms with E-state index in [0.29, 0.717) is 5.75 Å². The predicted octanol–water partition coefficient (Wildman–Crippen LogP) is 1.94. The van der Waals surface area contributed by atoms with Crippen molar-refractivity contribution in [1.82, 2.24) is 0 Å². The van der Waals surface area contributed by atoms with E-state index >= 15 is 0 Å². The number of hydrogen-bond donors (Lipinski definition) is 1. The van der Waals surface area contributed by atoms with Gasteiger partial charge in [0, 0.05) is 0 Å². The molecule has 0 unspecified atom stereocenters. The van der Waals surface area contributed by atoms with Crippen LogP contribution in [0.15, 0.2) is 12.1 Å². The Morgan fingerprint density at radius 3 is 2.50 bits per heavy atom. The zero-order valence-corrected chi connectivity index (χ0v) is 9.39. The van der Waals surface area contributed by atoms with Gasteiger partial charge >= 0.3 is 86.1 Å². The fourth-order valence-electron chi connectivity index (χ4n) is 1.35. The summed E-state index contributed by atoms with van der Waals surface area (Å²) in [5.74, 6) is 0.383. The van der Waals surface area contributed by atoms with E-state index in [1.54, 1.807) is 0 Å². The molecule has 1 rings (SSSR count). The molecule has 0 heterocycles. The summed E-state index contributed by atoms with van der Waals surface area (Å²) in [6.07, 6.45) is 1.07. The standard InChI is InChI=1S/C12H17BO/c1-5-10(4)13-11-6-9(3)12(14)7-8(11)2/h6-7,14H,5H2,1-4H3. The molecule has 2 heteroatoms. The van der Waals surface area contributed by atoms with Crippen LogP contribution in [0.25, 0.3) is 0 Å². The molecule has 0 aromatic heterocycles. The van der Waals surface area contributed by atoms with Crippen molar-refractivity contribution in [1.29, 1.82) is 0 Å². The number of hydrogen-bond acceptors (Lipinski definition) is 1. The monoisotopic (exact) mass is 188 g/mol. The maximum atomic E-state index is 9.50. The van der Waals surface area contributed by atoms with Crippen LogP contribution in [0.2, 0.25) is 0 Å². The van der Waals surface area contributed by atoms with Gasteiger partial charge in [0.2, 0.25) is 0 Å². The molecule has 0 aliphatic rings. The SMILES string of the molecule is CCC(C)=Bc1cc(C)c(O)cc1C. The first-order valence-corrected chi connectivity index (χ1v) is 5.02. The Labute approximate surface area is 86.7 Å². The fourth-order valence-corrected chi connectivity index (χ4v) is 1.35. The first kappa shape index (κ1) is 11.0. The Morgan fingerprint density at radius 2 is 1.93 bits per heavy atom. The van der Waals surface area contributed by atoms with Crippen molar-refractivity contribution < 1.29 is 5.11 Å². The molecule has 14 heavy (non-hydrogen) atoms. The van der Waals surface area contributed by atoms with Crippen molar-refractivity contribution in [2.45, 2.75) is 34.1 Å². The first-order chi connectivity index (χ1) is 6.54. The van der Waals surface area contributed by atoms with Crippen molar-refractivity contribution in [3.05, 3.63) is 23.3 Å². The zero-order valence-electron chi connectivity index (χ0n) is 9.39. The van der Waals surface area contributed by atoms with Gasteiger partial charge in [0.1, 0.15) is 0 Å². The molecule has 0 saturated carbocycles. The molecule has 1 aromatic rings. The summed E-state index contributed by atoms with van der Waals surface area (Å²) in [7, 11) is 0. The van der Waals surface area contributed by atoms with E-state index in [1.807, 2.05) is 26.0 Å². The zero-order chi connectivity index (χ0) is 10.7. The predicted molar refractivity (Wildman–Crippen MR) is 63.9 cm³/mol. The van der Waals surface area contributed by atoms with E-state index in [9.17, 15) is 5.11 Å². The molecule has 1 aromatic carbocycles. The van der Waals surface area contributed by atoms with Crippen LogP contribution >= 0.6 is 0 Å². The fraction of sp³-hybridized carbons (Fsp3) is 0.417. The molecule has 1 N–H and O–H groups in total. The third kappa shape index (κ3) is 2.47. The second kappa shape index (κ2) is 4.45. The second-order valence-electron chi connectivity index (χ2n) is 3.84. The molecule has 0 radical (unpaired) electrons. The summed E-state index contributed by atoms with van der Waals surface area (Å²) in [5.41, 5.74) is 4.63. The van der Waals surface area contributed by atoms with Gasteiger partial charge in [-0.3, -0.25) is 0 Å². The van der Waals surface area contributed by atoms with Crippen molar-refractivity contribution in [2.75, 3.05) is 0 Å². The minimum absolute atomic E-state index is 0.383. The van der Waals surface area contributed by atoms with Crippen LogP contribution in [0.1, 0.15) is 31.4 Å². The third-order valence-corrected chi connectivity index (χ3v) is 2.54. The third-order valence-electron chi connectivity index (χ3n) is 2.54. The molecule has 0 fully saturated rings. The average Bonchev–Trinajstić information content (AvgIpc) is 2.14. The molecule has 0 bridgehead atoms. The van der Waals surface area contributed by atoms with Crippen molar-refractivity contribution >= 4 is 17.8 Å².